The van der Waals surface area contributed by atoms with Gasteiger partial charge in [0.05, 0.1) is 27.2 Å². The van der Waals surface area contributed by atoms with Gasteiger partial charge in [-0.15, -0.1) is 0 Å². The van der Waals surface area contributed by atoms with Crippen molar-refractivity contribution in [3.05, 3.63) is 0 Å². The Balaban J connectivity index is 4.81. The lowest BCUT2D eigenvalue weighted by atomic mass is 10.3. The molecule has 0 heterocycles. The van der Waals surface area contributed by atoms with Gasteiger partial charge in [-0.1, -0.05) is 13.8 Å². The first-order chi connectivity index (χ1) is 16.2. The number of phosphoric acid groups is 1. The molecule has 0 fully saturated rings. The Hall–Kier alpha value is -0.730. The number of carbonyl (C=O) groups excluding carboxylic acids is 2. The molecule has 2 unspecified atom stereocenters. The van der Waals surface area contributed by atoms with Gasteiger partial charge in [0, 0.05) is 25.7 Å². The number of hydrogen-bond acceptors (Lipinski definition) is 10. The van der Waals surface area contributed by atoms with Gasteiger partial charge in [-0.05, 0) is 0 Å². The predicted molar refractivity (Wildman–Crippen MR) is 123 cm³/mol. The number of ether oxygens (including phenoxy) is 2. The summed E-state index contributed by atoms with van der Waals surface area (Å²) in [6, 6.07) is 0. The molecule has 6 N–H and O–H groups in total. The van der Waals surface area contributed by atoms with Crippen molar-refractivity contribution in [2.45, 2.75) is 50.7 Å². The first-order valence-electron chi connectivity index (χ1n) is 10.8. The first-order valence-corrected chi connectivity index (χ1v) is 15.5. The third-order valence-electron chi connectivity index (χ3n) is 4.89. The zero-order valence-corrected chi connectivity index (χ0v) is 23.3. The number of carbonyl (C=O) groups is 2. The van der Waals surface area contributed by atoms with Crippen molar-refractivity contribution in [1.82, 2.24) is 0 Å². The van der Waals surface area contributed by atoms with E-state index in [4.69, 9.17) is 18.5 Å². The zero-order chi connectivity index (χ0) is 28.4. The van der Waals surface area contributed by atoms with Crippen LogP contribution in [0.5, 0.6) is 0 Å². The summed E-state index contributed by atoms with van der Waals surface area (Å²) >= 11 is 0. The second kappa shape index (κ2) is 14.4. The highest BCUT2D eigenvalue weighted by Gasteiger charge is 2.58. The Labute approximate surface area is 209 Å². The Morgan fingerprint density at radius 3 is 1.86 bits per heavy atom. The maximum Gasteiger partial charge on any atom is 0.472 e. The van der Waals surface area contributed by atoms with Crippen molar-refractivity contribution in [1.29, 1.82) is 0 Å². The topological polar surface area (TPSA) is 244 Å². The number of rotatable bonds is 18. The molecule has 0 aliphatic carbocycles. The van der Waals surface area contributed by atoms with Crippen molar-refractivity contribution in [3.63, 3.8) is 0 Å². The molecular weight excluding hydrogens is 551 g/mol. The van der Waals surface area contributed by atoms with Crippen molar-refractivity contribution < 1.29 is 75.9 Å². The van der Waals surface area contributed by atoms with E-state index < -0.39 is 65.8 Å². The molecule has 16 nitrogen and oxygen atoms in total. The maximum absolute atomic E-state index is 12.2. The molecule has 0 aromatic heterocycles. The van der Waals surface area contributed by atoms with Gasteiger partial charge in [-0.25, -0.2) is 4.57 Å². The molecule has 0 aliphatic heterocycles. The number of nitrogens with zero attached hydrogens (tertiary/aromatic N) is 1. The number of quaternary nitrogens is 1. The molecule has 0 radical (unpaired) electrons. The highest BCUT2D eigenvalue weighted by Crippen LogP contribution is 2.69. The molecule has 19 heteroatoms. The second-order valence-corrected chi connectivity index (χ2v) is 13.9. The van der Waals surface area contributed by atoms with Gasteiger partial charge < -0.3 is 43.5 Å². The third kappa shape index (κ3) is 12.7. The van der Waals surface area contributed by atoms with E-state index in [9.17, 15) is 52.9 Å². The van der Waals surface area contributed by atoms with Gasteiger partial charge in [0.25, 0.3) is 5.08 Å². The molecule has 0 aromatic carbocycles. The van der Waals surface area contributed by atoms with E-state index in [0.717, 1.165) is 0 Å². The Bertz CT molecular complexity index is 845. The molecule has 0 rings (SSSR count). The molecule has 0 aliphatic rings. The van der Waals surface area contributed by atoms with Gasteiger partial charge in [0.2, 0.25) is 0 Å². The molecule has 214 valence electrons. The van der Waals surface area contributed by atoms with Crippen LogP contribution >= 0.6 is 23.0 Å². The SMILES string of the molecule is CCC(=O)OCC(COP(=O)(O)OCC[N+](C)(C)CCCC(O)(P(=O)(O)O)P(=O)(O)O)OC(=O)CC. The van der Waals surface area contributed by atoms with E-state index in [1.807, 2.05) is 0 Å². The Morgan fingerprint density at radius 1 is 0.861 bits per heavy atom. The van der Waals surface area contributed by atoms with Crippen LogP contribution in [0.4, 0.5) is 0 Å². The van der Waals surface area contributed by atoms with Crippen LogP contribution in [0.3, 0.4) is 0 Å². The van der Waals surface area contributed by atoms with Crippen LogP contribution in [0.2, 0.25) is 0 Å². The molecular formula is C17H37NO15P3+. The van der Waals surface area contributed by atoms with Gasteiger partial charge in [-0.2, -0.15) is 0 Å². The number of likely N-dealkylation sites (N-methyl/N-ethyl adjacent to an activating group) is 1. The van der Waals surface area contributed by atoms with Gasteiger partial charge in [-0.3, -0.25) is 27.8 Å². The summed E-state index contributed by atoms with van der Waals surface area (Å²) in [5.74, 6) is -1.22. The molecule has 0 amide bonds. The van der Waals surface area contributed by atoms with E-state index in [1.54, 1.807) is 21.0 Å². The minimum atomic E-state index is -5.56. The fraction of sp³-hybridized carbons (Fsp3) is 0.882. The van der Waals surface area contributed by atoms with Gasteiger partial charge in [0.15, 0.2) is 6.10 Å². The molecule has 2 atom stereocenters. The van der Waals surface area contributed by atoms with Crippen molar-refractivity contribution >= 4 is 35.0 Å². The van der Waals surface area contributed by atoms with Crippen molar-refractivity contribution in [2.24, 2.45) is 0 Å². The van der Waals surface area contributed by atoms with E-state index in [-0.39, 0.29) is 43.4 Å². The van der Waals surface area contributed by atoms with Crippen LogP contribution < -0.4 is 0 Å². The van der Waals surface area contributed by atoms with Crippen molar-refractivity contribution in [3.8, 4) is 0 Å². The second-order valence-electron chi connectivity index (χ2n) is 8.45. The minimum Gasteiger partial charge on any atom is -0.462 e. The normalized spacial score (nSPS) is 15.7. The number of aliphatic hydroxyl groups is 1. The van der Waals surface area contributed by atoms with E-state index in [2.05, 4.69) is 0 Å². The average Bonchev–Trinajstić information content (AvgIpc) is 2.72. The lowest BCUT2D eigenvalue weighted by molar-refractivity contribution is -0.890. The van der Waals surface area contributed by atoms with Crippen LogP contribution in [0.1, 0.15) is 39.5 Å². The van der Waals surface area contributed by atoms with Gasteiger partial charge in [0.1, 0.15) is 19.8 Å². The molecule has 0 saturated carbocycles. The summed E-state index contributed by atoms with van der Waals surface area (Å²) in [7, 11) is -12.5. The number of phosphoric ester groups is 1. The fourth-order valence-corrected chi connectivity index (χ4v) is 5.61. The van der Waals surface area contributed by atoms with E-state index in [1.165, 1.54) is 6.92 Å². The average molecular weight is 588 g/mol. The molecule has 0 aromatic rings. The largest absolute Gasteiger partial charge is 0.472 e. The van der Waals surface area contributed by atoms with E-state index >= 15 is 0 Å². The van der Waals surface area contributed by atoms with E-state index in [0.29, 0.717) is 0 Å². The molecule has 0 spiro atoms. The smallest absolute Gasteiger partial charge is 0.462 e. The number of hydrogen-bond donors (Lipinski definition) is 6. The lowest BCUT2D eigenvalue weighted by Gasteiger charge is -2.33. The number of esters is 2. The third-order valence-corrected chi connectivity index (χ3v) is 9.75. The Morgan fingerprint density at radius 2 is 1.39 bits per heavy atom. The molecule has 36 heavy (non-hydrogen) atoms. The quantitative estimate of drug-likeness (QED) is 0.0714. The monoisotopic (exact) mass is 588 g/mol. The Kier molecular flexibility index (Phi) is 14.1. The van der Waals surface area contributed by atoms with Crippen LogP contribution in [-0.4, -0.2) is 104 Å². The van der Waals surface area contributed by atoms with Crippen LogP contribution in [0, 0.1) is 0 Å². The summed E-state index contributed by atoms with van der Waals surface area (Å²) in [6.07, 6.45) is -2.17. The standard InChI is InChI=1S/C17H36NO15P3/c1-5-15(19)30-12-14(33-16(20)6-2)13-32-36(28,29)31-11-10-18(3,4)9-7-8-17(21,34(22,23)24)35(25,26)27/h14,21H,5-13H2,1-4H3,(H4-,22,23,24,25,26,27,28,29)/p+1. The zero-order valence-electron chi connectivity index (χ0n) is 20.6. The van der Waals surface area contributed by atoms with Gasteiger partial charge >= 0.3 is 35.0 Å². The highest BCUT2D eigenvalue weighted by atomic mass is 31.2. The minimum absolute atomic E-state index is 0.0121. The maximum atomic E-state index is 12.2. The molecule has 0 saturated heterocycles. The first kappa shape index (κ1) is 35.3. The summed E-state index contributed by atoms with van der Waals surface area (Å²) in [6.45, 7) is 1.86. The predicted octanol–water partition coefficient (Wildman–Crippen LogP) is 0.253. The summed E-state index contributed by atoms with van der Waals surface area (Å²) in [4.78, 5) is 69.4. The summed E-state index contributed by atoms with van der Waals surface area (Å²) in [5, 5.41) is 6.40. The lowest BCUT2D eigenvalue weighted by Crippen LogP contribution is -2.43. The highest BCUT2D eigenvalue weighted by molar-refractivity contribution is 7.72. The van der Waals surface area contributed by atoms with Crippen LogP contribution in [0.25, 0.3) is 0 Å². The summed E-state index contributed by atoms with van der Waals surface area (Å²) < 4.78 is 54.6. The van der Waals surface area contributed by atoms with Crippen LogP contribution in [-0.2, 0) is 41.8 Å². The van der Waals surface area contributed by atoms with Crippen LogP contribution in [0.15, 0.2) is 0 Å². The molecule has 0 bridgehead atoms. The van der Waals surface area contributed by atoms with Crippen molar-refractivity contribution in [2.75, 3.05) is 47.0 Å². The summed E-state index contributed by atoms with van der Waals surface area (Å²) in [5.41, 5.74) is 0. The fourth-order valence-electron chi connectivity index (χ4n) is 2.61.